The van der Waals surface area contributed by atoms with Gasteiger partial charge in [0.25, 0.3) is 0 Å². The number of aryl methyl sites for hydroxylation is 1. The summed E-state index contributed by atoms with van der Waals surface area (Å²) in [5.74, 6) is 0. The Morgan fingerprint density at radius 3 is 3.04 bits per heavy atom. The van der Waals surface area contributed by atoms with Gasteiger partial charge >= 0.3 is 0 Å². The Labute approximate surface area is 146 Å². The molecule has 3 aromatic heterocycles. The van der Waals surface area contributed by atoms with Gasteiger partial charge in [0.2, 0.25) is 0 Å². The topological polar surface area (TPSA) is 56.8 Å². The predicted molar refractivity (Wildman–Crippen MR) is 98.2 cm³/mol. The number of hydrogen-bond donors (Lipinski definition) is 2. The van der Waals surface area contributed by atoms with Crippen LogP contribution in [0.15, 0.2) is 29.8 Å². The summed E-state index contributed by atoms with van der Waals surface area (Å²) in [4.78, 5) is 8.51. The predicted octanol–water partition coefficient (Wildman–Crippen LogP) is 3.25. The second-order valence-electron chi connectivity index (χ2n) is 6.47. The van der Waals surface area contributed by atoms with Gasteiger partial charge < -0.3 is 5.32 Å². The lowest BCUT2D eigenvalue weighted by molar-refractivity contribution is 0.242. The second kappa shape index (κ2) is 7.01. The first-order valence-electron chi connectivity index (χ1n) is 8.59. The number of aromatic nitrogens is 3. The van der Waals surface area contributed by atoms with E-state index < -0.39 is 0 Å². The zero-order valence-electron chi connectivity index (χ0n) is 14.0. The van der Waals surface area contributed by atoms with Gasteiger partial charge in [0.1, 0.15) is 0 Å². The van der Waals surface area contributed by atoms with Crippen LogP contribution in [0.25, 0.3) is 11.0 Å². The summed E-state index contributed by atoms with van der Waals surface area (Å²) < 4.78 is 0. The molecule has 0 amide bonds. The minimum Gasteiger partial charge on any atom is -0.311 e. The number of aromatic amines is 1. The number of thiophene rings is 1. The Morgan fingerprint density at radius 2 is 2.25 bits per heavy atom. The smallest absolute Gasteiger partial charge is 0.181 e. The normalized spacial score (nSPS) is 16.9. The molecule has 24 heavy (non-hydrogen) atoms. The van der Waals surface area contributed by atoms with Crippen LogP contribution in [0.3, 0.4) is 0 Å². The van der Waals surface area contributed by atoms with Crippen molar-refractivity contribution in [1.29, 1.82) is 0 Å². The number of rotatable bonds is 6. The molecule has 4 rings (SSSR count). The molecule has 0 radical (unpaired) electrons. The fraction of sp³-hybridized carbons (Fsp3) is 0.444. The van der Waals surface area contributed by atoms with Crippen molar-refractivity contribution >= 4 is 22.4 Å². The quantitative estimate of drug-likeness (QED) is 0.722. The minimum atomic E-state index is 0.486. The van der Waals surface area contributed by atoms with Crippen molar-refractivity contribution in [3.05, 3.63) is 45.9 Å². The van der Waals surface area contributed by atoms with Crippen LogP contribution in [0.4, 0.5) is 0 Å². The van der Waals surface area contributed by atoms with Gasteiger partial charge in [-0.15, -0.1) is 11.3 Å². The lowest BCUT2D eigenvalue weighted by Crippen LogP contribution is -2.33. The molecule has 5 nitrogen and oxygen atoms in total. The maximum atomic E-state index is 4.44. The van der Waals surface area contributed by atoms with E-state index >= 15 is 0 Å². The third-order valence-corrected chi connectivity index (χ3v) is 5.75. The molecule has 4 heterocycles. The molecule has 0 unspecified atom stereocenters. The Hall–Kier alpha value is -1.76. The monoisotopic (exact) mass is 341 g/mol. The third kappa shape index (κ3) is 3.22. The van der Waals surface area contributed by atoms with Crippen LogP contribution < -0.4 is 5.32 Å². The highest BCUT2D eigenvalue weighted by Crippen LogP contribution is 2.28. The van der Waals surface area contributed by atoms with Gasteiger partial charge in [-0.1, -0.05) is 6.07 Å². The van der Waals surface area contributed by atoms with Crippen molar-refractivity contribution in [3.8, 4) is 0 Å². The number of pyridine rings is 1. The van der Waals surface area contributed by atoms with Crippen molar-refractivity contribution in [3.63, 3.8) is 0 Å². The van der Waals surface area contributed by atoms with E-state index in [0.29, 0.717) is 6.04 Å². The van der Waals surface area contributed by atoms with Gasteiger partial charge in [-0.25, -0.2) is 4.98 Å². The molecule has 126 valence electrons. The van der Waals surface area contributed by atoms with E-state index in [9.17, 15) is 0 Å². The molecule has 1 aliphatic heterocycles. The molecule has 0 aliphatic carbocycles. The number of H-pyrrole nitrogens is 1. The Bertz CT molecular complexity index is 789. The van der Waals surface area contributed by atoms with Gasteiger partial charge in [-0.05, 0) is 55.9 Å². The van der Waals surface area contributed by atoms with Crippen molar-refractivity contribution in [1.82, 2.24) is 25.4 Å². The molecule has 0 bridgehead atoms. The Balaban J connectivity index is 1.42. The molecule has 3 aromatic rings. The lowest BCUT2D eigenvalue weighted by atomic mass is 10.2. The van der Waals surface area contributed by atoms with Crippen LogP contribution in [-0.4, -0.2) is 39.7 Å². The van der Waals surface area contributed by atoms with Crippen LogP contribution in [0.5, 0.6) is 0 Å². The van der Waals surface area contributed by atoms with E-state index in [1.54, 1.807) is 0 Å². The highest BCUT2D eigenvalue weighted by Gasteiger charge is 2.23. The zero-order valence-corrected chi connectivity index (χ0v) is 14.8. The molecule has 6 heteroatoms. The van der Waals surface area contributed by atoms with Gasteiger partial charge in [0.05, 0.1) is 6.04 Å². The summed E-state index contributed by atoms with van der Waals surface area (Å²) in [5, 5.41) is 14.1. The Kier molecular flexibility index (Phi) is 4.60. The summed E-state index contributed by atoms with van der Waals surface area (Å²) in [6.45, 7) is 6.28. The van der Waals surface area contributed by atoms with E-state index in [2.05, 4.69) is 49.0 Å². The second-order valence-corrected chi connectivity index (χ2v) is 7.45. The maximum Gasteiger partial charge on any atom is 0.181 e. The first-order valence-corrected chi connectivity index (χ1v) is 9.47. The molecular formula is C18H23N5S. The molecular weight excluding hydrogens is 318 g/mol. The zero-order chi connectivity index (χ0) is 16.4. The van der Waals surface area contributed by atoms with Gasteiger partial charge in [-0.3, -0.25) is 10.00 Å². The summed E-state index contributed by atoms with van der Waals surface area (Å²) in [6, 6.07) is 7.09. The number of nitrogens with one attached hydrogen (secondary N) is 2. The fourth-order valence-corrected chi connectivity index (χ4v) is 4.32. The van der Waals surface area contributed by atoms with Crippen molar-refractivity contribution in [2.75, 3.05) is 19.6 Å². The SMILES string of the molecule is Cc1[nH]nc2ncc(CNC[C@@H](c3cccs3)N3CCCC3)cc12. The van der Waals surface area contributed by atoms with Crippen molar-refractivity contribution in [2.24, 2.45) is 0 Å². The van der Waals surface area contributed by atoms with Gasteiger partial charge in [0, 0.05) is 35.2 Å². The maximum absolute atomic E-state index is 4.44. The minimum absolute atomic E-state index is 0.486. The van der Waals surface area contributed by atoms with Crippen LogP contribution in [0.2, 0.25) is 0 Å². The summed E-state index contributed by atoms with van der Waals surface area (Å²) >= 11 is 1.86. The molecule has 0 spiro atoms. The molecule has 0 aromatic carbocycles. The first kappa shape index (κ1) is 15.7. The summed E-state index contributed by atoms with van der Waals surface area (Å²) in [6.07, 6.45) is 4.57. The van der Waals surface area contributed by atoms with Crippen LogP contribution >= 0.6 is 11.3 Å². The summed E-state index contributed by atoms with van der Waals surface area (Å²) in [5.41, 5.74) is 3.08. The number of fused-ring (bicyclic) bond motifs is 1. The molecule has 0 saturated carbocycles. The fourth-order valence-electron chi connectivity index (χ4n) is 3.46. The first-order chi connectivity index (χ1) is 11.8. The number of likely N-dealkylation sites (tertiary alicyclic amines) is 1. The van der Waals surface area contributed by atoms with E-state index in [4.69, 9.17) is 0 Å². The third-order valence-electron chi connectivity index (χ3n) is 4.78. The van der Waals surface area contributed by atoms with E-state index in [0.717, 1.165) is 29.8 Å². The molecule has 1 aliphatic rings. The summed E-state index contributed by atoms with van der Waals surface area (Å²) in [7, 11) is 0. The lowest BCUT2D eigenvalue weighted by Gasteiger charge is -2.27. The molecule has 2 N–H and O–H groups in total. The number of hydrogen-bond acceptors (Lipinski definition) is 5. The Morgan fingerprint density at radius 1 is 1.38 bits per heavy atom. The average molecular weight is 341 g/mol. The van der Waals surface area contributed by atoms with E-state index in [-0.39, 0.29) is 0 Å². The van der Waals surface area contributed by atoms with E-state index in [1.165, 1.54) is 36.4 Å². The van der Waals surface area contributed by atoms with Crippen molar-refractivity contribution < 1.29 is 0 Å². The van der Waals surface area contributed by atoms with Crippen LogP contribution in [-0.2, 0) is 6.54 Å². The highest BCUT2D eigenvalue weighted by atomic mass is 32.1. The highest BCUT2D eigenvalue weighted by molar-refractivity contribution is 7.10. The van der Waals surface area contributed by atoms with Gasteiger partial charge in [-0.2, -0.15) is 5.10 Å². The molecule has 1 atom stereocenters. The van der Waals surface area contributed by atoms with E-state index in [1.807, 2.05) is 24.5 Å². The average Bonchev–Trinajstić information content (AvgIpc) is 3.35. The van der Waals surface area contributed by atoms with Crippen LogP contribution in [0, 0.1) is 6.92 Å². The van der Waals surface area contributed by atoms with Gasteiger partial charge in [0.15, 0.2) is 5.65 Å². The standard InChI is InChI=1S/C18H23N5S/c1-13-15-9-14(11-20-18(15)22-21-13)10-19-12-16(17-5-4-8-24-17)23-6-2-3-7-23/h4-5,8-9,11,16,19H,2-3,6-7,10,12H2,1H3,(H,20,21,22)/t16-/m0/s1. The molecule has 1 fully saturated rings. The van der Waals surface area contributed by atoms with Crippen molar-refractivity contribution in [2.45, 2.75) is 32.4 Å². The van der Waals surface area contributed by atoms with Crippen LogP contribution in [0.1, 0.15) is 35.0 Å². The largest absolute Gasteiger partial charge is 0.311 e. The number of nitrogens with zero attached hydrogens (tertiary/aromatic N) is 3. The molecule has 1 saturated heterocycles.